The summed E-state index contributed by atoms with van der Waals surface area (Å²) in [4.78, 5) is 33.3. The Morgan fingerprint density at radius 2 is 1.79 bits per heavy atom. The van der Waals surface area contributed by atoms with Crippen LogP contribution in [0.15, 0.2) is 43.0 Å². The van der Waals surface area contributed by atoms with Gasteiger partial charge in [0.15, 0.2) is 0 Å². The average molecular weight is 325 g/mol. The number of benzene rings is 1. The highest BCUT2D eigenvalue weighted by atomic mass is 16.4. The lowest BCUT2D eigenvalue weighted by atomic mass is 9.88. The van der Waals surface area contributed by atoms with E-state index < -0.39 is 5.97 Å². The number of piperidine rings is 1. The van der Waals surface area contributed by atoms with Crippen LogP contribution in [0.1, 0.15) is 39.1 Å². The van der Waals surface area contributed by atoms with Gasteiger partial charge in [-0.25, -0.2) is 14.8 Å². The maximum Gasteiger partial charge on any atom is 0.335 e. The van der Waals surface area contributed by atoms with Crippen LogP contribution in [0.4, 0.5) is 0 Å². The number of carbonyl (C=O) groups is 2. The van der Waals surface area contributed by atoms with Crippen LogP contribution in [0.3, 0.4) is 0 Å². The summed E-state index contributed by atoms with van der Waals surface area (Å²) in [5.74, 6) is -0.538. The zero-order valence-electron chi connectivity index (χ0n) is 13.3. The fourth-order valence-corrected chi connectivity index (χ4v) is 3.15. The highest BCUT2D eigenvalue weighted by Crippen LogP contribution is 2.24. The monoisotopic (exact) mass is 325 g/mol. The minimum absolute atomic E-state index is 0.0417. The molecule has 1 saturated heterocycles. The number of aromatic nitrogens is 2. The fourth-order valence-electron chi connectivity index (χ4n) is 3.15. The molecule has 6 heteroatoms. The average Bonchev–Trinajstić information content (AvgIpc) is 2.63. The summed E-state index contributed by atoms with van der Waals surface area (Å²) in [7, 11) is 0. The van der Waals surface area contributed by atoms with E-state index in [0.29, 0.717) is 30.1 Å². The molecule has 1 aliphatic heterocycles. The van der Waals surface area contributed by atoms with E-state index in [2.05, 4.69) is 9.97 Å². The molecule has 0 radical (unpaired) electrons. The van der Waals surface area contributed by atoms with Gasteiger partial charge in [-0.15, -0.1) is 0 Å². The summed E-state index contributed by atoms with van der Waals surface area (Å²) in [6, 6.07) is 7.14. The summed E-state index contributed by atoms with van der Waals surface area (Å²) in [6.45, 7) is 1.35. The summed E-state index contributed by atoms with van der Waals surface area (Å²) in [5.41, 5.74) is 1.75. The Morgan fingerprint density at radius 1 is 1.12 bits per heavy atom. The van der Waals surface area contributed by atoms with Crippen molar-refractivity contribution in [3.8, 4) is 0 Å². The predicted molar refractivity (Wildman–Crippen MR) is 87.8 cm³/mol. The standard InChI is InChI=1S/C18H19N3O3/c22-17(15-10-19-12-20-11-15)21-7-5-13(6-8-21)9-14-3-1-2-4-16(14)18(23)24/h1-4,10-13H,5-9H2,(H,23,24). The van der Waals surface area contributed by atoms with Crippen LogP contribution < -0.4 is 0 Å². The van der Waals surface area contributed by atoms with E-state index in [0.717, 1.165) is 24.8 Å². The Morgan fingerprint density at radius 3 is 2.46 bits per heavy atom. The second-order valence-electron chi connectivity index (χ2n) is 6.03. The number of hydrogen-bond acceptors (Lipinski definition) is 4. The van der Waals surface area contributed by atoms with Crippen LogP contribution in [0.5, 0.6) is 0 Å². The van der Waals surface area contributed by atoms with Crippen molar-refractivity contribution in [1.29, 1.82) is 0 Å². The number of nitrogens with zero attached hydrogens (tertiary/aromatic N) is 3. The predicted octanol–water partition coefficient (Wildman–Crippen LogP) is 2.27. The van der Waals surface area contributed by atoms with Crippen LogP contribution >= 0.6 is 0 Å². The number of carbonyl (C=O) groups excluding carboxylic acids is 1. The number of aromatic carboxylic acids is 1. The molecule has 2 heterocycles. The topological polar surface area (TPSA) is 83.4 Å². The van der Waals surface area contributed by atoms with E-state index in [4.69, 9.17) is 0 Å². The van der Waals surface area contributed by atoms with Gasteiger partial charge in [0.25, 0.3) is 5.91 Å². The van der Waals surface area contributed by atoms with Crippen LogP contribution in [-0.4, -0.2) is 44.9 Å². The van der Waals surface area contributed by atoms with E-state index in [9.17, 15) is 14.7 Å². The van der Waals surface area contributed by atoms with Gasteiger partial charge in [0, 0.05) is 25.5 Å². The molecule has 6 nitrogen and oxygen atoms in total. The second kappa shape index (κ2) is 7.21. The largest absolute Gasteiger partial charge is 0.478 e. The number of rotatable bonds is 4. The van der Waals surface area contributed by atoms with Gasteiger partial charge < -0.3 is 10.0 Å². The van der Waals surface area contributed by atoms with E-state index >= 15 is 0 Å². The number of likely N-dealkylation sites (tertiary alicyclic amines) is 1. The SMILES string of the molecule is O=C(O)c1ccccc1CC1CCN(C(=O)c2cncnc2)CC1. The summed E-state index contributed by atoms with van der Waals surface area (Å²) >= 11 is 0. The van der Waals surface area contributed by atoms with Gasteiger partial charge in [0.05, 0.1) is 11.1 Å². The molecule has 1 N–H and O–H groups in total. The quantitative estimate of drug-likeness (QED) is 0.932. The van der Waals surface area contributed by atoms with Crippen molar-refractivity contribution in [1.82, 2.24) is 14.9 Å². The lowest BCUT2D eigenvalue weighted by molar-refractivity contribution is 0.0689. The molecule has 0 unspecified atom stereocenters. The van der Waals surface area contributed by atoms with Crippen molar-refractivity contribution in [3.05, 3.63) is 59.7 Å². The molecule has 0 saturated carbocycles. The summed E-state index contributed by atoms with van der Waals surface area (Å²) < 4.78 is 0. The highest BCUT2D eigenvalue weighted by molar-refractivity contribution is 5.93. The van der Waals surface area contributed by atoms with Crippen molar-refractivity contribution in [2.75, 3.05) is 13.1 Å². The minimum Gasteiger partial charge on any atom is -0.478 e. The van der Waals surface area contributed by atoms with Crippen molar-refractivity contribution in [2.24, 2.45) is 5.92 Å². The lowest BCUT2D eigenvalue weighted by Gasteiger charge is -2.32. The van der Waals surface area contributed by atoms with Gasteiger partial charge in [0.1, 0.15) is 6.33 Å². The van der Waals surface area contributed by atoms with Crippen LogP contribution in [0.2, 0.25) is 0 Å². The Labute approximate surface area is 140 Å². The third-order valence-corrected chi connectivity index (χ3v) is 4.47. The number of hydrogen-bond donors (Lipinski definition) is 1. The first-order valence-corrected chi connectivity index (χ1v) is 8.00. The van der Waals surface area contributed by atoms with E-state index in [-0.39, 0.29) is 5.91 Å². The van der Waals surface area contributed by atoms with Crippen molar-refractivity contribution >= 4 is 11.9 Å². The van der Waals surface area contributed by atoms with Gasteiger partial charge in [0.2, 0.25) is 0 Å². The molecule has 0 spiro atoms. The van der Waals surface area contributed by atoms with Crippen molar-refractivity contribution < 1.29 is 14.7 Å². The normalized spacial score (nSPS) is 15.2. The van der Waals surface area contributed by atoms with Gasteiger partial charge in [-0.3, -0.25) is 4.79 Å². The second-order valence-corrected chi connectivity index (χ2v) is 6.03. The Bertz CT molecular complexity index is 725. The zero-order chi connectivity index (χ0) is 16.9. The van der Waals surface area contributed by atoms with Gasteiger partial charge in [-0.05, 0) is 36.8 Å². The van der Waals surface area contributed by atoms with Gasteiger partial charge in [-0.1, -0.05) is 18.2 Å². The van der Waals surface area contributed by atoms with Crippen molar-refractivity contribution in [2.45, 2.75) is 19.3 Å². The highest BCUT2D eigenvalue weighted by Gasteiger charge is 2.25. The maximum atomic E-state index is 12.4. The number of carboxylic acid groups (broad SMARTS) is 1. The fraction of sp³-hybridized carbons (Fsp3) is 0.333. The molecule has 24 heavy (non-hydrogen) atoms. The Kier molecular flexibility index (Phi) is 4.84. The van der Waals surface area contributed by atoms with E-state index in [1.807, 2.05) is 17.0 Å². The maximum absolute atomic E-state index is 12.4. The molecule has 0 bridgehead atoms. The molecular formula is C18H19N3O3. The molecule has 3 rings (SSSR count). The molecular weight excluding hydrogens is 306 g/mol. The number of carboxylic acids is 1. The van der Waals surface area contributed by atoms with Gasteiger partial charge >= 0.3 is 5.97 Å². The minimum atomic E-state index is -0.887. The molecule has 1 aromatic carbocycles. The molecule has 1 aliphatic rings. The molecule has 124 valence electrons. The molecule has 1 aromatic heterocycles. The molecule has 2 aromatic rings. The first-order valence-electron chi connectivity index (χ1n) is 8.00. The smallest absolute Gasteiger partial charge is 0.335 e. The molecule has 1 fully saturated rings. The van der Waals surface area contributed by atoms with Crippen LogP contribution in [0.25, 0.3) is 0 Å². The van der Waals surface area contributed by atoms with E-state index in [1.165, 1.54) is 18.7 Å². The van der Waals surface area contributed by atoms with Crippen molar-refractivity contribution in [3.63, 3.8) is 0 Å². The third kappa shape index (κ3) is 3.59. The summed E-state index contributed by atoms with van der Waals surface area (Å²) in [5, 5.41) is 9.27. The molecule has 1 amide bonds. The van der Waals surface area contributed by atoms with Gasteiger partial charge in [-0.2, -0.15) is 0 Å². The third-order valence-electron chi connectivity index (χ3n) is 4.47. The molecule has 0 atom stereocenters. The van der Waals surface area contributed by atoms with E-state index in [1.54, 1.807) is 12.1 Å². The lowest BCUT2D eigenvalue weighted by Crippen LogP contribution is -2.39. The van der Waals surface area contributed by atoms with Crippen LogP contribution in [-0.2, 0) is 6.42 Å². The zero-order valence-corrected chi connectivity index (χ0v) is 13.3. The Hall–Kier alpha value is -2.76. The summed E-state index contributed by atoms with van der Waals surface area (Å²) in [6.07, 6.45) is 6.94. The Balaban J connectivity index is 1.60. The van der Waals surface area contributed by atoms with Crippen LogP contribution in [0, 0.1) is 5.92 Å². The molecule has 0 aliphatic carbocycles. The number of amides is 1. The first-order chi connectivity index (χ1) is 11.6. The first kappa shape index (κ1) is 16.1.